The van der Waals surface area contributed by atoms with Crippen molar-refractivity contribution in [3.05, 3.63) is 28.4 Å². The summed E-state index contributed by atoms with van der Waals surface area (Å²) in [5, 5.41) is 13.1. The first-order valence-corrected chi connectivity index (χ1v) is 7.33. The molecule has 3 rings (SSSR count). The minimum absolute atomic E-state index is 0.145. The van der Waals surface area contributed by atoms with Crippen LogP contribution in [0.3, 0.4) is 0 Å². The van der Waals surface area contributed by atoms with Crippen LogP contribution in [-0.4, -0.2) is 24.2 Å². The molecule has 6 nitrogen and oxygen atoms in total. The minimum Gasteiger partial charge on any atom is -0.478 e. The molecule has 0 unspecified atom stereocenters. The van der Waals surface area contributed by atoms with Crippen LogP contribution in [0.4, 0.5) is 10.7 Å². The first kappa shape index (κ1) is 13.2. The van der Waals surface area contributed by atoms with Gasteiger partial charge in [0, 0.05) is 0 Å². The largest absolute Gasteiger partial charge is 0.478 e. The smallest absolute Gasteiger partial charge is 0.340 e. The van der Waals surface area contributed by atoms with Gasteiger partial charge in [0.1, 0.15) is 21.6 Å². The molecule has 0 atom stereocenters. The van der Waals surface area contributed by atoms with Gasteiger partial charge in [-0.25, -0.2) is 4.79 Å². The number of aromatic carboxylic acids is 1. The number of rotatable bonds is 3. The molecule has 0 aliphatic rings. The summed E-state index contributed by atoms with van der Waals surface area (Å²) in [6.07, 6.45) is 0. The third-order valence-electron chi connectivity index (χ3n) is 2.69. The topological polar surface area (TPSA) is 88.0 Å². The van der Waals surface area contributed by atoms with E-state index in [0.29, 0.717) is 32.4 Å². The quantitative estimate of drug-likeness (QED) is 0.765. The number of fused-ring (bicyclic) bond motifs is 1. The van der Waals surface area contributed by atoms with E-state index in [0.717, 1.165) is 23.3 Å². The van der Waals surface area contributed by atoms with Crippen LogP contribution in [0.15, 0.2) is 12.1 Å². The van der Waals surface area contributed by atoms with Crippen LogP contribution in [0.1, 0.15) is 16.1 Å². The Morgan fingerprint density at radius 1 is 1.35 bits per heavy atom. The second kappa shape index (κ2) is 4.97. The van der Waals surface area contributed by atoms with Crippen molar-refractivity contribution >= 4 is 62.6 Å². The second-order valence-electron chi connectivity index (χ2n) is 3.96. The Hall–Kier alpha value is -1.77. The fourth-order valence-corrected chi connectivity index (χ4v) is 3.30. The maximum absolute atomic E-state index is 11.3. The molecule has 0 spiro atoms. The highest BCUT2D eigenvalue weighted by Crippen LogP contribution is 2.35. The normalized spacial score (nSPS) is 10.9. The minimum atomic E-state index is -1.03. The molecule has 0 aliphatic heterocycles. The molecule has 0 saturated carbocycles. The van der Waals surface area contributed by atoms with Gasteiger partial charge in [-0.05, 0) is 30.6 Å². The molecule has 0 saturated heterocycles. The van der Waals surface area contributed by atoms with Crippen molar-refractivity contribution in [1.82, 2.24) is 13.1 Å². The molecule has 1 aromatic carbocycles. The third-order valence-corrected chi connectivity index (χ3v) is 4.40. The van der Waals surface area contributed by atoms with Crippen molar-refractivity contribution in [1.29, 1.82) is 0 Å². The fourth-order valence-electron chi connectivity index (χ4n) is 1.77. The van der Waals surface area contributed by atoms with Crippen LogP contribution in [0.2, 0.25) is 5.02 Å². The number of hydrogen-bond acceptors (Lipinski definition) is 7. The Balaban J connectivity index is 2.12. The summed E-state index contributed by atoms with van der Waals surface area (Å²) < 4.78 is 12.4. The SMILES string of the molecule is Cc1nsc(Nc2c(Cl)ccc3nsnc23)c1C(=O)O. The molecule has 2 heterocycles. The molecular formula is C11H7ClN4O2S2. The summed E-state index contributed by atoms with van der Waals surface area (Å²) in [5.41, 5.74) is 2.48. The first-order valence-electron chi connectivity index (χ1n) is 5.45. The maximum Gasteiger partial charge on any atom is 0.340 e. The maximum atomic E-state index is 11.3. The van der Waals surface area contributed by atoms with Gasteiger partial charge in [-0.15, -0.1) is 0 Å². The Morgan fingerprint density at radius 2 is 2.15 bits per heavy atom. The van der Waals surface area contributed by atoms with E-state index in [9.17, 15) is 9.90 Å². The molecular weight excluding hydrogens is 320 g/mol. The molecule has 2 aromatic heterocycles. The van der Waals surface area contributed by atoms with Crippen molar-refractivity contribution in [3.63, 3.8) is 0 Å². The molecule has 0 bridgehead atoms. The van der Waals surface area contributed by atoms with E-state index in [1.807, 2.05) is 0 Å². The number of carboxylic acid groups (broad SMARTS) is 1. The van der Waals surface area contributed by atoms with E-state index in [-0.39, 0.29) is 5.56 Å². The third kappa shape index (κ3) is 2.11. The molecule has 0 radical (unpaired) electrons. The number of nitrogens with one attached hydrogen (secondary N) is 1. The first-order chi connectivity index (χ1) is 9.58. The Labute approximate surface area is 126 Å². The predicted octanol–water partition coefficient (Wildman–Crippen LogP) is 3.55. The van der Waals surface area contributed by atoms with Gasteiger partial charge in [0.2, 0.25) is 0 Å². The van der Waals surface area contributed by atoms with Gasteiger partial charge in [-0.3, -0.25) is 0 Å². The highest BCUT2D eigenvalue weighted by molar-refractivity contribution is 7.10. The van der Waals surface area contributed by atoms with Gasteiger partial charge < -0.3 is 10.4 Å². The summed E-state index contributed by atoms with van der Waals surface area (Å²) in [6, 6.07) is 3.46. The Morgan fingerprint density at radius 3 is 2.90 bits per heavy atom. The number of halogens is 1. The van der Waals surface area contributed by atoms with E-state index in [1.165, 1.54) is 0 Å². The summed E-state index contributed by atoms with van der Waals surface area (Å²) in [4.78, 5) is 11.3. The van der Waals surface area contributed by atoms with Gasteiger partial charge >= 0.3 is 5.97 Å². The van der Waals surface area contributed by atoms with Crippen LogP contribution in [0.25, 0.3) is 11.0 Å². The Bertz CT molecular complexity index is 814. The van der Waals surface area contributed by atoms with Crippen molar-refractivity contribution in [3.8, 4) is 0 Å². The lowest BCUT2D eigenvalue weighted by Crippen LogP contribution is -2.02. The summed E-state index contributed by atoms with van der Waals surface area (Å²) in [7, 11) is 0. The molecule has 102 valence electrons. The summed E-state index contributed by atoms with van der Waals surface area (Å²) in [5.74, 6) is -1.03. The van der Waals surface area contributed by atoms with E-state index >= 15 is 0 Å². The van der Waals surface area contributed by atoms with Gasteiger partial charge in [0.25, 0.3) is 0 Å². The highest BCUT2D eigenvalue weighted by atomic mass is 35.5. The van der Waals surface area contributed by atoms with Gasteiger partial charge in [-0.1, -0.05) is 11.6 Å². The molecule has 2 N–H and O–H groups in total. The molecule has 3 aromatic rings. The number of carbonyl (C=O) groups is 1. The lowest BCUT2D eigenvalue weighted by Gasteiger charge is -2.07. The van der Waals surface area contributed by atoms with Crippen LogP contribution in [-0.2, 0) is 0 Å². The van der Waals surface area contributed by atoms with Crippen LogP contribution in [0.5, 0.6) is 0 Å². The number of aromatic nitrogens is 3. The average Bonchev–Trinajstić information content (AvgIpc) is 2.99. The number of hydrogen-bond donors (Lipinski definition) is 2. The molecule has 0 amide bonds. The number of aryl methyl sites for hydroxylation is 1. The van der Waals surface area contributed by atoms with Crippen LogP contribution < -0.4 is 5.32 Å². The lowest BCUT2D eigenvalue weighted by molar-refractivity contribution is 0.0697. The van der Waals surface area contributed by atoms with Crippen molar-refractivity contribution < 1.29 is 9.90 Å². The standard InChI is InChI=1S/C11H7ClN4O2S2/c1-4-7(11(17)18)10(19-14-4)13-8-5(12)2-3-6-9(8)16-20-15-6/h2-3,13H,1H3,(H,17,18). The molecule has 0 fully saturated rings. The Kier molecular flexibility index (Phi) is 3.28. The molecule has 9 heteroatoms. The van der Waals surface area contributed by atoms with Crippen LogP contribution >= 0.6 is 34.9 Å². The number of anilines is 2. The fraction of sp³-hybridized carbons (Fsp3) is 0.0909. The van der Waals surface area contributed by atoms with Gasteiger partial charge in [0.15, 0.2) is 0 Å². The van der Waals surface area contributed by atoms with E-state index in [4.69, 9.17) is 11.6 Å². The molecule has 20 heavy (non-hydrogen) atoms. The average molecular weight is 327 g/mol. The van der Waals surface area contributed by atoms with E-state index < -0.39 is 5.97 Å². The van der Waals surface area contributed by atoms with Crippen molar-refractivity contribution in [2.45, 2.75) is 6.92 Å². The summed E-state index contributed by atoms with van der Waals surface area (Å²) >= 11 is 8.31. The number of nitrogens with zero attached hydrogens (tertiary/aromatic N) is 3. The van der Waals surface area contributed by atoms with E-state index in [1.54, 1.807) is 19.1 Å². The van der Waals surface area contributed by atoms with E-state index in [2.05, 4.69) is 18.4 Å². The number of benzene rings is 1. The zero-order valence-corrected chi connectivity index (χ0v) is 12.4. The van der Waals surface area contributed by atoms with Crippen molar-refractivity contribution in [2.24, 2.45) is 0 Å². The molecule has 0 aliphatic carbocycles. The zero-order chi connectivity index (χ0) is 14.3. The van der Waals surface area contributed by atoms with Gasteiger partial charge in [-0.2, -0.15) is 13.1 Å². The number of carboxylic acids is 1. The van der Waals surface area contributed by atoms with Crippen LogP contribution in [0, 0.1) is 6.92 Å². The zero-order valence-electron chi connectivity index (χ0n) is 10.0. The highest BCUT2D eigenvalue weighted by Gasteiger charge is 2.20. The van der Waals surface area contributed by atoms with Crippen molar-refractivity contribution in [2.75, 3.05) is 5.32 Å². The monoisotopic (exact) mass is 326 g/mol. The summed E-state index contributed by atoms with van der Waals surface area (Å²) in [6.45, 7) is 1.65. The predicted molar refractivity (Wildman–Crippen MR) is 79.5 cm³/mol. The second-order valence-corrected chi connectivity index (χ2v) is 5.67. The van der Waals surface area contributed by atoms with Gasteiger partial charge in [0.05, 0.1) is 28.1 Å². The lowest BCUT2D eigenvalue weighted by atomic mass is 10.2.